The lowest BCUT2D eigenvalue weighted by Gasteiger charge is -2.31. The Bertz CT molecular complexity index is 599. The van der Waals surface area contributed by atoms with Gasteiger partial charge in [-0.25, -0.2) is 0 Å². The molecular weight excluding hydrogens is 324 g/mol. The molecule has 1 fully saturated rings. The second-order valence-corrected chi connectivity index (χ2v) is 5.88. The highest BCUT2D eigenvalue weighted by atomic mass is 16.5. The fraction of sp³-hybridized carbons (Fsp3) is 0.556. The van der Waals surface area contributed by atoms with Gasteiger partial charge < -0.3 is 24.4 Å². The Morgan fingerprint density at radius 2 is 1.64 bits per heavy atom. The predicted molar refractivity (Wildman–Crippen MR) is 93.4 cm³/mol. The van der Waals surface area contributed by atoms with Gasteiger partial charge in [0.2, 0.25) is 11.7 Å². The molecule has 0 unspecified atom stereocenters. The molecule has 1 aromatic rings. The van der Waals surface area contributed by atoms with Crippen LogP contribution in [0, 0.1) is 5.92 Å². The maximum absolute atomic E-state index is 12.8. The molecule has 0 atom stereocenters. The van der Waals surface area contributed by atoms with Crippen molar-refractivity contribution < 1.29 is 23.8 Å². The fourth-order valence-corrected chi connectivity index (χ4v) is 3.05. The monoisotopic (exact) mass is 350 g/mol. The first-order valence-corrected chi connectivity index (χ1v) is 8.42. The van der Waals surface area contributed by atoms with E-state index in [0.717, 1.165) is 0 Å². The molecule has 1 aliphatic heterocycles. The van der Waals surface area contributed by atoms with E-state index in [-0.39, 0.29) is 17.7 Å². The summed E-state index contributed by atoms with van der Waals surface area (Å²) in [5.41, 5.74) is 0.478. The normalized spacial score (nSPS) is 14.8. The summed E-state index contributed by atoms with van der Waals surface area (Å²) < 4.78 is 15.9. The first-order valence-electron chi connectivity index (χ1n) is 8.42. The number of hydrogen-bond donors (Lipinski definition) is 1. The number of rotatable bonds is 6. The van der Waals surface area contributed by atoms with Crippen LogP contribution in [0.3, 0.4) is 0 Å². The first kappa shape index (κ1) is 18.9. The number of carbonyl (C=O) groups excluding carboxylic acids is 2. The van der Waals surface area contributed by atoms with Crippen LogP contribution in [-0.2, 0) is 4.79 Å². The van der Waals surface area contributed by atoms with Crippen molar-refractivity contribution >= 4 is 11.8 Å². The number of hydrogen-bond acceptors (Lipinski definition) is 5. The molecule has 0 aromatic heterocycles. The SMILES string of the molecule is CCNC(=O)C1CCN(C(=O)c2cc(OC)c(OC)c(OC)c2)CC1. The third kappa shape index (κ3) is 4.15. The molecule has 2 rings (SSSR count). The summed E-state index contributed by atoms with van der Waals surface area (Å²) in [6, 6.07) is 3.30. The maximum atomic E-state index is 12.8. The summed E-state index contributed by atoms with van der Waals surface area (Å²) in [5.74, 6) is 1.29. The van der Waals surface area contributed by atoms with Gasteiger partial charge in [-0.15, -0.1) is 0 Å². The maximum Gasteiger partial charge on any atom is 0.254 e. The average Bonchev–Trinajstić information content (AvgIpc) is 2.66. The summed E-state index contributed by atoms with van der Waals surface area (Å²) >= 11 is 0. The standard InChI is InChI=1S/C18H26N2O5/c1-5-19-17(21)12-6-8-20(9-7-12)18(22)13-10-14(23-2)16(25-4)15(11-13)24-3/h10-12H,5-9H2,1-4H3,(H,19,21). The minimum absolute atomic E-state index is 0.0241. The van der Waals surface area contributed by atoms with E-state index in [4.69, 9.17) is 14.2 Å². The van der Waals surface area contributed by atoms with E-state index >= 15 is 0 Å². The average molecular weight is 350 g/mol. The van der Waals surface area contributed by atoms with Crippen molar-refractivity contribution in [2.24, 2.45) is 5.92 Å². The number of carbonyl (C=O) groups is 2. The van der Waals surface area contributed by atoms with E-state index in [1.54, 1.807) is 17.0 Å². The lowest BCUT2D eigenvalue weighted by atomic mass is 9.95. The Labute approximate surface area is 148 Å². The van der Waals surface area contributed by atoms with Crippen LogP contribution >= 0.6 is 0 Å². The molecular formula is C18H26N2O5. The molecule has 1 aromatic carbocycles. The molecule has 1 N–H and O–H groups in total. The van der Waals surface area contributed by atoms with E-state index in [1.165, 1.54) is 21.3 Å². The van der Waals surface area contributed by atoms with Gasteiger partial charge in [0.25, 0.3) is 5.91 Å². The molecule has 138 valence electrons. The Morgan fingerprint density at radius 1 is 1.08 bits per heavy atom. The highest BCUT2D eigenvalue weighted by molar-refractivity contribution is 5.96. The largest absolute Gasteiger partial charge is 0.493 e. The minimum Gasteiger partial charge on any atom is -0.493 e. The Hall–Kier alpha value is -2.44. The van der Waals surface area contributed by atoms with Crippen molar-refractivity contribution in [3.63, 3.8) is 0 Å². The van der Waals surface area contributed by atoms with Crippen molar-refractivity contribution in [1.82, 2.24) is 10.2 Å². The molecule has 0 spiro atoms. The number of benzene rings is 1. The zero-order chi connectivity index (χ0) is 18.4. The van der Waals surface area contributed by atoms with E-state index in [0.29, 0.717) is 55.3 Å². The Kier molecular flexibility index (Phi) is 6.50. The van der Waals surface area contributed by atoms with Crippen LogP contribution in [0.2, 0.25) is 0 Å². The van der Waals surface area contributed by atoms with Crippen molar-refractivity contribution in [3.05, 3.63) is 17.7 Å². The number of methoxy groups -OCH3 is 3. The molecule has 1 aliphatic rings. The summed E-state index contributed by atoms with van der Waals surface area (Å²) in [7, 11) is 4.56. The van der Waals surface area contributed by atoms with Crippen LogP contribution in [-0.4, -0.2) is 57.7 Å². The molecule has 2 amide bonds. The van der Waals surface area contributed by atoms with Crippen LogP contribution in [0.4, 0.5) is 0 Å². The van der Waals surface area contributed by atoms with Gasteiger partial charge in [0.15, 0.2) is 11.5 Å². The summed E-state index contributed by atoms with van der Waals surface area (Å²) in [6.07, 6.45) is 1.34. The van der Waals surface area contributed by atoms with Crippen molar-refractivity contribution in [2.45, 2.75) is 19.8 Å². The smallest absolute Gasteiger partial charge is 0.254 e. The van der Waals surface area contributed by atoms with Crippen molar-refractivity contribution in [3.8, 4) is 17.2 Å². The number of piperidine rings is 1. The van der Waals surface area contributed by atoms with Gasteiger partial charge in [-0.3, -0.25) is 9.59 Å². The van der Waals surface area contributed by atoms with Crippen molar-refractivity contribution in [2.75, 3.05) is 41.0 Å². The number of nitrogens with one attached hydrogen (secondary N) is 1. The molecule has 0 saturated carbocycles. The number of amides is 2. The van der Waals surface area contributed by atoms with Gasteiger partial charge in [0, 0.05) is 31.1 Å². The van der Waals surface area contributed by atoms with Crippen LogP contribution in [0.15, 0.2) is 12.1 Å². The van der Waals surface area contributed by atoms with Gasteiger partial charge in [0.1, 0.15) is 0 Å². The molecule has 0 aliphatic carbocycles. The quantitative estimate of drug-likeness (QED) is 0.845. The Morgan fingerprint density at radius 3 is 2.08 bits per heavy atom. The summed E-state index contributed by atoms with van der Waals surface area (Å²) in [4.78, 5) is 26.5. The second-order valence-electron chi connectivity index (χ2n) is 5.88. The van der Waals surface area contributed by atoms with E-state index in [1.807, 2.05) is 6.92 Å². The first-order chi connectivity index (χ1) is 12.0. The number of nitrogens with zero attached hydrogens (tertiary/aromatic N) is 1. The lowest BCUT2D eigenvalue weighted by molar-refractivity contribution is -0.126. The molecule has 7 heteroatoms. The van der Waals surface area contributed by atoms with Gasteiger partial charge in [-0.05, 0) is 31.9 Å². The second kappa shape index (κ2) is 8.60. The predicted octanol–water partition coefficient (Wildman–Crippen LogP) is 1.70. The van der Waals surface area contributed by atoms with Gasteiger partial charge in [-0.2, -0.15) is 0 Å². The third-order valence-electron chi connectivity index (χ3n) is 4.42. The number of likely N-dealkylation sites (tertiary alicyclic amines) is 1. The lowest BCUT2D eigenvalue weighted by Crippen LogP contribution is -2.43. The molecule has 1 saturated heterocycles. The third-order valence-corrected chi connectivity index (χ3v) is 4.42. The topological polar surface area (TPSA) is 77.1 Å². The highest BCUT2D eigenvalue weighted by Gasteiger charge is 2.28. The fourth-order valence-electron chi connectivity index (χ4n) is 3.05. The summed E-state index contributed by atoms with van der Waals surface area (Å²) in [5, 5.41) is 2.84. The van der Waals surface area contributed by atoms with Crippen LogP contribution in [0.1, 0.15) is 30.1 Å². The zero-order valence-corrected chi connectivity index (χ0v) is 15.3. The van der Waals surface area contributed by atoms with E-state index < -0.39 is 0 Å². The summed E-state index contributed by atoms with van der Waals surface area (Å²) in [6.45, 7) is 3.64. The minimum atomic E-state index is -0.103. The van der Waals surface area contributed by atoms with Crippen LogP contribution < -0.4 is 19.5 Å². The van der Waals surface area contributed by atoms with Gasteiger partial charge in [-0.1, -0.05) is 0 Å². The molecule has 1 heterocycles. The van der Waals surface area contributed by atoms with E-state index in [9.17, 15) is 9.59 Å². The number of ether oxygens (including phenoxy) is 3. The van der Waals surface area contributed by atoms with E-state index in [2.05, 4.69) is 5.32 Å². The molecule has 25 heavy (non-hydrogen) atoms. The Balaban J connectivity index is 2.12. The van der Waals surface area contributed by atoms with Gasteiger partial charge in [0.05, 0.1) is 21.3 Å². The van der Waals surface area contributed by atoms with Gasteiger partial charge >= 0.3 is 0 Å². The highest BCUT2D eigenvalue weighted by Crippen LogP contribution is 2.38. The van der Waals surface area contributed by atoms with Crippen LogP contribution in [0.25, 0.3) is 0 Å². The van der Waals surface area contributed by atoms with Crippen molar-refractivity contribution in [1.29, 1.82) is 0 Å². The molecule has 7 nitrogen and oxygen atoms in total. The van der Waals surface area contributed by atoms with Crippen LogP contribution in [0.5, 0.6) is 17.2 Å². The molecule has 0 bridgehead atoms. The molecule has 0 radical (unpaired) electrons. The zero-order valence-electron chi connectivity index (χ0n) is 15.3.